The number of imide groups is 2. The second kappa shape index (κ2) is 10.2. The highest BCUT2D eigenvalue weighted by molar-refractivity contribution is 9.11. The fraction of sp³-hybridized carbons (Fsp3) is 0.0417. The van der Waals surface area contributed by atoms with E-state index in [4.69, 9.17) is 4.74 Å². The van der Waals surface area contributed by atoms with Gasteiger partial charge in [0.05, 0.1) is 10.2 Å². The van der Waals surface area contributed by atoms with Crippen LogP contribution in [0.2, 0.25) is 0 Å². The van der Waals surface area contributed by atoms with E-state index in [9.17, 15) is 18.8 Å². The maximum atomic E-state index is 14.0. The molecule has 1 aliphatic rings. The zero-order valence-corrected chi connectivity index (χ0v) is 21.9. The number of carbonyl (C=O) groups excluding carboxylic acids is 3. The second-order valence-electron chi connectivity index (χ2n) is 7.12. The Balaban J connectivity index is 1.72. The largest absolute Gasteiger partial charge is 0.487 e. The minimum atomic E-state index is -0.846. The summed E-state index contributed by atoms with van der Waals surface area (Å²) in [6, 6.07) is 15.2. The lowest BCUT2D eigenvalue weighted by Gasteiger charge is -2.26. The van der Waals surface area contributed by atoms with Gasteiger partial charge in [-0.15, -0.1) is 0 Å². The molecule has 1 saturated heterocycles. The summed E-state index contributed by atoms with van der Waals surface area (Å²) in [6.07, 6.45) is 1.34. The quantitative estimate of drug-likeness (QED) is 0.257. The van der Waals surface area contributed by atoms with Gasteiger partial charge >= 0.3 is 6.03 Å². The van der Waals surface area contributed by atoms with E-state index in [0.29, 0.717) is 31.5 Å². The first-order valence-corrected chi connectivity index (χ1v) is 12.1. The highest BCUT2D eigenvalue weighted by Gasteiger charge is 2.37. The molecule has 1 N–H and O–H groups in total. The van der Waals surface area contributed by atoms with Crippen LogP contribution in [0, 0.1) is 5.82 Å². The summed E-state index contributed by atoms with van der Waals surface area (Å²) < 4.78 is 21.9. The van der Waals surface area contributed by atoms with Crippen molar-refractivity contribution >= 4 is 77.4 Å². The van der Waals surface area contributed by atoms with Gasteiger partial charge < -0.3 is 4.74 Å². The molecule has 1 fully saturated rings. The molecule has 172 valence electrons. The number of hydrogen-bond acceptors (Lipinski definition) is 4. The number of nitrogens with one attached hydrogen (secondary N) is 1. The number of barbiturate groups is 1. The molecule has 0 aliphatic carbocycles. The normalized spacial score (nSPS) is 15.0. The number of rotatable bonds is 5. The van der Waals surface area contributed by atoms with E-state index in [1.54, 1.807) is 54.6 Å². The van der Waals surface area contributed by atoms with Crippen molar-refractivity contribution in [2.75, 3.05) is 4.90 Å². The van der Waals surface area contributed by atoms with Gasteiger partial charge in [-0.25, -0.2) is 14.1 Å². The summed E-state index contributed by atoms with van der Waals surface area (Å²) in [4.78, 5) is 39.1. The number of halogens is 4. The van der Waals surface area contributed by atoms with Crippen LogP contribution in [0.4, 0.5) is 14.9 Å². The Morgan fingerprint density at radius 2 is 1.65 bits per heavy atom. The number of urea groups is 1. The minimum Gasteiger partial charge on any atom is -0.487 e. The third-order valence-electron chi connectivity index (χ3n) is 4.85. The summed E-state index contributed by atoms with van der Waals surface area (Å²) in [6.45, 7) is -0.0767. The first kappa shape index (κ1) is 24.3. The molecule has 0 radical (unpaired) electrons. The van der Waals surface area contributed by atoms with Crippen molar-refractivity contribution in [1.29, 1.82) is 0 Å². The third-order valence-corrected chi connectivity index (χ3v) is 6.43. The number of carbonyl (C=O) groups is 3. The van der Waals surface area contributed by atoms with E-state index in [1.165, 1.54) is 12.1 Å². The summed E-state index contributed by atoms with van der Waals surface area (Å²) in [5, 5.41) is 2.19. The Morgan fingerprint density at radius 3 is 2.35 bits per heavy atom. The highest BCUT2D eigenvalue weighted by atomic mass is 79.9. The fourth-order valence-electron chi connectivity index (χ4n) is 3.24. The van der Waals surface area contributed by atoms with E-state index in [1.807, 2.05) is 0 Å². The van der Waals surface area contributed by atoms with Crippen molar-refractivity contribution in [1.82, 2.24) is 5.32 Å². The van der Waals surface area contributed by atoms with Gasteiger partial charge in [0, 0.05) is 20.1 Å². The maximum absolute atomic E-state index is 14.0. The molecule has 0 spiro atoms. The van der Waals surface area contributed by atoms with E-state index in [0.717, 1.165) is 9.37 Å². The SMILES string of the molecule is O=C1NC(=O)N(c2ccc(Br)cc2)C(=O)/C1=C/c1cc(Br)cc(Br)c1OCc1ccccc1F. The number of hydrogen-bond donors (Lipinski definition) is 1. The predicted molar refractivity (Wildman–Crippen MR) is 136 cm³/mol. The first-order chi connectivity index (χ1) is 16.2. The van der Waals surface area contributed by atoms with Gasteiger partial charge in [-0.3, -0.25) is 14.9 Å². The molecule has 4 rings (SSSR count). The molecule has 1 heterocycles. The first-order valence-electron chi connectivity index (χ1n) is 9.77. The average molecular weight is 653 g/mol. The smallest absolute Gasteiger partial charge is 0.335 e. The molecule has 6 nitrogen and oxygen atoms in total. The van der Waals surface area contributed by atoms with Crippen molar-refractivity contribution in [3.63, 3.8) is 0 Å². The van der Waals surface area contributed by atoms with Crippen LogP contribution in [0.1, 0.15) is 11.1 Å². The minimum absolute atomic E-state index is 0.0767. The average Bonchev–Trinajstić information content (AvgIpc) is 2.78. The molecule has 10 heteroatoms. The molecular weight excluding hydrogens is 639 g/mol. The maximum Gasteiger partial charge on any atom is 0.335 e. The number of nitrogens with zero attached hydrogens (tertiary/aromatic N) is 1. The lowest BCUT2D eigenvalue weighted by Crippen LogP contribution is -2.54. The summed E-state index contributed by atoms with van der Waals surface area (Å²) >= 11 is 10.1. The molecule has 1 aliphatic heterocycles. The van der Waals surface area contributed by atoms with Gasteiger partial charge in [0.1, 0.15) is 23.7 Å². The van der Waals surface area contributed by atoms with Gasteiger partial charge in [-0.05, 0) is 64.5 Å². The van der Waals surface area contributed by atoms with E-state index in [-0.39, 0.29) is 12.2 Å². The zero-order valence-electron chi connectivity index (χ0n) is 17.2. The van der Waals surface area contributed by atoms with Crippen molar-refractivity contribution in [3.8, 4) is 5.75 Å². The fourth-order valence-corrected chi connectivity index (χ4v) is 4.88. The van der Waals surface area contributed by atoms with E-state index >= 15 is 0 Å². The number of amides is 4. The van der Waals surface area contributed by atoms with Crippen LogP contribution in [-0.2, 0) is 16.2 Å². The van der Waals surface area contributed by atoms with Gasteiger partial charge in [0.15, 0.2) is 0 Å². The van der Waals surface area contributed by atoms with Crippen LogP contribution < -0.4 is 15.0 Å². The van der Waals surface area contributed by atoms with Crippen molar-refractivity contribution < 1.29 is 23.5 Å². The molecule has 0 atom stereocenters. The van der Waals surface area contributed by atoms with Crippen molar-refractivity contribution in [2.24, 2.45) is 0 Å². The molecule has 3 aromatic carbocycles. The lowest BCUT2D eigenvalue weighted by molar-refractivity contribution is -0.122. The predicted octanol–water partition coefficient (Wildman–Crippen LogP) is 6.36. The van der Waals surface area contributed by atoms with Gasteiger partial charge in [0.2, 0.25) is 0 Å². The van der Waals surface area contributed by atoms with Crippen LogP contribution in [0.25, 0.3) is 6.08 Å². The van der Waals surface area contributed by atoms with Crippen molar-refractivity contribution in [3.05, 3.63) is 96.6 Å². The van der Waals surface area contributed by atoms with Crippen LogP contribution in [-0.4, -0.2) is 17.8 Å². The Kier molecular flexibility index (Phi) is 7.30. The Labute approximate surface area is 219 Å². The van der Waals surface area contributed by atoms with Gasteiger partial charge in [-0.2, -0.15) is 0 Å². The molecule has 4 amide bonds. The lowest BCUT2D eigenvalue weighted by atomic mass is 10.1. The third kappa shape index (κ3) is 5.13. The number of ether oxygens (including phenoxy) is 1. The topological polar surface area (TPSA) is 75.7 Å². The molecule has 3 aromatic rings. The molecule has 0 bridgehead atoms. The Hall–Kier alpha value is -2.82. The van der Waals surface area contributed by atoms with Gasteiger partial charge in [-0.1, -0.05) is 50.1 Å². The monoisotopic (exact) mass is 650 g/mol. The van der Waals surface area contributed by atoms with E-state index in [2.05, 4.69) is 53.1 Å². The van der Waals surface area contributed by atoms with Crippen LogP contribution in [0.3, 0.4) is 0 Å². The van der Waals surface area contributed by atoms with Crippen LogP contribution >= 0.6 is 47.8 Å². The molecule has 34 heavy (non-hydrogen) atoms. The highest BCUT2D eigenvalue weighted by Crippen LogP contribution is 2.36. The zero-order chi connectivity index (χ0) is 24.4. The van der Waals surface area contributed by atoms with Crippen LogP contribution in [0.5, 0.6) is 5.75 Å². The summed E-state index contributed by atoms with van der Waals surface area (Å²) in [5.74, 6) is -1.74. The standard InChI is InChI=1S/C24H14Br3FN2O4/c25-15-5-7-17(8-6-15)30-23(32)18(22(31)29-24(30)33)10-14-9-16(26)11-19(27)21(14)34-12-13-3-1-2-4-20(13)28/h1-11H,12H2,(H,29,31,33)/b18-10+. The summed E-state index contributed by atoms with van der Waals surface area (Å²) in [7, 11) is 0. The number of anilines is 1. The Morgan fingerprint density at radius 1 is 0.941 bits per heavy atom. The van der Waals surface area contributed by atoms with E-state index < -0.39 is 23.7 Å². The molecular formula is C24H14Br3FN2O4. The second-order valence-corrected chi connectivity index (χ2v) is 9.81. The molecule has 0 saturated carbocycles. The van der Waals surface area contributed by atoms with Gasteiger partial charge in [0.25, 0.3) is 11.8 Å². The van der Waals surface area contributed by atoms with Crippen LogP contribution in [0.15, 0.2) is 79.7 Å². The molecule has 0 unspecified atom stereocenters. The Bertz CT molecular complexity index is 1340. The summed E-state index contributed by atoms with van der Waals surface area (Å²) in [5.41, 5.74) is 0.759. The van der Waals surface area contributed by atoms with Crippen molar-refractivity contribution in [2.45, 2.75) is 6.61 Å². The number of benzene rings is 3. The molecule has 0 aromatic heterocycles.